The summed E-state index contributed by atoms with van der Waals surface area (Å²) >= 11 is 3.69. The van der Waals surface area contributed by atoms with E-state index in [0.29, 0.717) is 0 Å². The van der Waals surface area contributed by atoms with E-state index in [2.05, 4.69) is 17.5 Å². The zero-order valence-corrected chi connectivity index (χ0v) is 7.83. The standard InChI is InChI=1S/C7H15NOS/c1-5(6(9)8-10)7(2,3)4/h5,10H,1-4H3,(H,8,9)/t5-/m1/s1. The summed E-state index contributed by atoms with van der Waals surface area (Å²) in [6.07, 6.45) is 0. The van der Waals surface area contributed by atoms with E-state index >= 15 is 0 Å². The van der Waals surface area contributed by atoms with Gasteiger partial charge in [-0.05, 0) is 5.41 Å². The first kappa shape index (κ1) is 9.82. The third-order valence-corrected chi connectivity index (χ3v) is 2.02. The summed E-state index contributed by atoms with van der Waals surface area (Å²) in [6.45, 7) is 7.98. The Labute approximate surface area is 67.9 Å². The molecule has 0 aromatic rings. The van der Waals surface area contributed by atoms with Gasteiger partial charge in [0.25, 0.3) is 0 Å². The third-order valence-electron chi connectivity index (χ3n) is 1.80. The lowest BCUT2D eigenvalue weighted by atomic mass is 9.82. The van der Waals surface area contributed by atoms with E-state index in [1.54, 1.807) is 0 Å². The number of carbonyl (C=O) groups excluding carboxylic acids is 1. The molecule has 1 N–H and O–H groups in total. The minimum Gasteiger partial charge on any atom is -0.303 e. The molecule has 60 valence electrons. The number of rotatable bonds is 1. The monoisotopic (exact) mass is 161 g/mol. The number of thiol groups is 1. The maximum absolute atomic E-state index is 11.0. The zero-order valence-electron chi connectivity index (χ0n) is 6.93. The van der Waals surface area contributed by atoms with E-state index in [0.717, 1.165) is 0 Å². The van der Waals surface area contributed by atoms with Crippen LogP contribution in [-0.4, -0.2) is 5.91 Å². The first-order chi connectivity index (χ1) is 4.39. The quantitative estimate of drug-likeness (QED) is 0.562. The highest BCUT2D eigenvalue weighted by Gasteiger charge is 2.25. The van der Waals surface area contributed by atoms with Gasteiger partial charge in [-0.15, -0.1) is 0 Å². The van der Waals surface area contributed by atoms with Crippen LogP contribution >= 0.6 is 12.8 Å². The van der Waals surface area contributed by atoms with Crippen LogP contribution in [0.3, 0.4) is 0 Å². The van der Waals surface area contributed by atoms with Crippen molar-refractivity contribution in [3.8, 4) is 0 Å². The summed E-state index contributed by atoms with van der Waals surface area (Å²) in [6, 6.07) is 0. The van der Waals surface area contributed by atoms with Crippen molar-refractivity contribution in [3.63, 3.8) is 0 Å². The van der Waals surface area contributed by atoms with Gasteiger partial charge in [0.15, 0.2) is 0 Å². The number of amides is 1. The van der Waals surface area contributed by atoms with Gasteiger partial charge in [-0.1, -0.05) is 40.5 Å². The van der Waals surface area contributed by atoms with Crippen molar-refractivity contribution in [1.82, 2.24) is 4.72 Å². The molecule has 10 heavy (non-hydrogen) atoms. The number of carbonyl (C=O) groups is 1. The van der Waals surface area contributed by atoms with Gasteiger partial charge in [-0.25, -0.2) is 0 Å². The first-order valence-corrected chi connectivity index (χ1v) is 3.78. The SMILES string of the molecule is C[C@H](C(=O)NS)C(C)(C)C. The Morgan fingerprint density at radius 1 is 1.50 bits per heavy atom. The lowest BCUT2D eigenvalue weighted by Crippen LogP contribution is -2.31. The summed E-state index contributed by atoms with van der Waals surface area (Å²) in [5.74, 6) is -0.0131. The van der Waals surface area contributed by atoms with Gasteiger partial charge in [0.1, 0.15) is 0 Å². The van der Waals surface area contributed by atoms with Gasteiger partial charge in [0.2, 0.25) is 5.91 Å². The van der Waals surface area contributed by atoms with Crippen LogP contribution in [0.2, 0.25) is 0 Å². The van der Waals surface area contributed by atoms with Gasteiger partial charge in [-0.3, -0.25) is 4.79 Å². The Hall–Kier alpha value is -0.180. The smallest absolute Gasteiger partial charge is 0.232 e. The maximum Gasteiger partial charge on any atom is 0.232 e. The minimum atomic E-state index is -0.0177. The molecular formula is C7H15NOS. The molecule has 0 aromatic heterocycles. The predicted molar refractivity (Wildman–Crippen MR) is 45.7 cm³/mol. The molecule has 0 aliphatic heterocycles. The van der Waals surface area contributed by atoms with Crippen molar-refractivity contribution in [2.75, 3.05) is 0 Å². The average Bonchev–Trinajstić information content (AvgIpc) is 1.83. The Morgan fingerprint density at radius 3 is 2.00 bits per heavy atom. The molecule has 0 radical (unpaired) electrons. The fourth-order valence-electron chi connectivity index (χ4n) is 0.490. The van der Waals surface area contributed by atoms with Crippen LogP contribution in [0.15, 0.2) is 0 Å². The second-order valence-electron chi connectivity index (χ2n) is 3.56. The van der Waals surface area contributed by atoms with Crippen LogP contribution in [0.1, 0.15) is 27.7 Å². The van der Waals surface area contributed by atoms with E-state index in [1.165, 1.54) is 0 Å². The Balaban J connectivity index is 4.08. The molecule has 0 rings (SSSR count). The number of hydrogen-bond acceptors (Lipinski definition) is 2. The van der Waals surface area contributed by atoms with E-state index in [-0.39, 0.29) is 17.2 Å². The Bertz CT molecular complexity index is 128. The van der Waals surface area contributed by atoms with E-state index in [4.69, 9.17) is 0 Å². The van der Waals surface area contributed by atoms with Crippen molar-refractivity contribution in [2.45, 2.75) is 27.7 Å². The summed E-state index contributed by atoms with van der Waals surface area (Å²) in [4.78, 5) is 11.0. The molecule has 3 heteroatoms. The van der Waals surface area contributed by atoms with Gasteiger partial charge in [-0.2, -0.15) is 0 Å². The molecule has 0 aromatic carbocycles. The highest BCUT2D eigenvalue weighted by molar-refractivity contribution is 7.78. The van der Waals surface area contributed by atoms with E-state index in [9.17, 15) is 4.79 Å². The van der Waals surface area contributed by atoms with Crippen molar-refractivity contribution in [1.29, 1.82) is 0 Å². The molecule has 0 heterocycles. The van der Waals surface area contributed by atoms with Crippen molar-refractivity contribution in [2.24, 2.45) is 11.3 Å². The highest BCUT2D eigenvalue weighted by atomic mass is 32.1. The van der Waals surface area contributed by atoms with Crippen LogP contribution in [0.5, 0.6) is 0 Å². The lowest BCUT2D eigenvalue weighted by molar-refractivity contribution is -0.125. The molecule has 2 nitrogen and oxygen atoms in total. The lowest BCUT2D eigenvalue weighted by Gasteiger charge is -2.24. The molecule has 0 aliphatic rings. The molecule has 1 amide bonds. The second kappa shape index (κ2) is 3.28. The third kappa shape index (κ3) is 2.60. The fraction of sp³-hybridized carbons (Fsp3) is 0.857. The zero-order chi connectivity index (χ0) is 8.36. The van der Waals surface area contributed by atoms with E-state index < -0.39 is 0 Å². The molecule has 1 atom stereocenters. The van der Waals surface area contributed by atoms with Crippen LogP contribution in [0.4, 0.5) is 0 Å². The summed E-state index contributed by atoms with van der Waals surface area (Å²) in [5, 5.41) is 0. The summed E-state index contributed by atoms with van der Waals surface area (Å²) in [7, 11) is 0. The molecular weight excluding hydrogens is 146 g/mol. The molecule has 0 fully saturated rings. The molecule has 0 saturated heterocycles. The van der Waals surface area contributed by atoms with Crippen LogP contribution in [0.25, 0.3) is 0 Å². The van der Waals surface area contributed by atoms with E-state index in [1.807, 2.05) is 27.7 Å². The predicted octanol–water partition coefficient (Wildman–Crippen LogP) is 1.63. The summed E-state index contributed by atoms with van der Waals surface area (Å²) < 4.78 is 2.33. The Morgan fingerprint density at radius 2 is 1.90 bits per heavy atom. The van der Waals surface area contributed by atoms with Gasteiger partial charge < -0.3 is 4.72 Å². The molecule has 0 unspecified atom stereocenters. The number of hydrogen-bond donors (Lipinski definition) is 2. The van der Waals surface area contributed by atoms with Crippen molar-refractivity contribution >= 4 is 18.7 Å². The van der Waals surface area contributed by atoms with Crippen LogP contribution in [0, 0.1) is 11.3 Å². The Kier molecular flexibility index (Phi) is 3.22. The fourth-order valence-corrected chi connectivity index (χ4v) is 0.684. The van der Waals surface area contributed by atoms with Crippen LogP contribution in [-0.2, 0) is 4.79 Å². The van der Waals surface area contributed by atoms with Crippen LogP contribution < -0.4 is 4.72 Å². The topological polar surface area (TPSA) is 29.1 Å². The second-order valence-corrected chi connectivity index (χ2v) is 3.79. The van der Waals surface area contributed by atoms with Gasteiger partial charge in [0, 0.05) is 5.92 Å². The molecule has 0 spiro atoms. The maximum atomic E-state index is 11.0. The van der Waals surface area contributed by atoms with Crippen molar-refractivity contribution in [3.05, 3.63) is 0 Å². The highest BCUT2D eigenvalue weighted by Crippen LogP contribution is 2.25. The molecule has 0 bridgehead atoms. The van der Waals surface area contributed by atoms with Crippen molar-refractivity contribution < 1.29 is 4.79 Å². The van der Waals surface area contributed by atoms with Gasteiger partial charge >= 0.3 is 0 Å². The first-order valence-electron chi connectivity index (χ1n) is 3.33. The molecule has 0 aliphatic carbocycles. The largest absolute Gasteiger partial charge is 0.303 e. The number of nitrogens with one attached hydrogen (secondary N) is 1. The normalized spacial score (nSPS) is 14.5. The summed E-state index contributed by atoms with van der Waals surface area (Å²) in [5.41, 5.74) is 0.0206. The minimum absolute atomic E-state index is 0.00463. The molecule has 0 saturated carbocycles. The van der Waals surface area contributed by atoms with Gasteiger partial charge in [0.05, 0.1) is 0 Å². The average molecular weight is 161 g/mol.